The van der Waals surface area contributed by atoms with E-state index in [4.69, 9.17) is 23.2 Å². The first-order chi connectivity index (χ1) is 6.56. The topological polar surface area (TPSA) is 0 Å². The molecule has 3 rings (SSSR count). The Morgan fingerprint density at radius 2 is 1.50 bits per heavy atom. The van der Waals surface area contributed by atoms with Gasteiger partial charge in [-0.1, -0.05) is 35.2 Å². The van der Waals surface area contributed by atoms with Crippen LogP contribution in [0.25, 0.3) is 0 Å². The van der Waals surface area contributed by atoms with Crippen molar-refractivity contribution >= 4 is 39.1 Å². The number of hydrogen-bond donors (Lipinski definition) is 0. The minimum absolute atomic E-state index is 0.112. The second kappa shape index (κ2) is 2.84. The van der Waals surface area contributed by atoms with Crippen molar-refractivity contribution in [2.45, 2.75) is 54.1 Å². The third kappa shape index (κ3) is 0.895. The molecular weight excluding hydrogens is 283 g/mol. The third-order valence-corrected chi connectivity index (χ3v) is 7.45. The fourth-order valence-electron chi connectivity index (χ4n) is 4.24. The highest BCUT2D eigenvalue weighted by atomic mass is 79.9. The zero-order valence-corrected chi connectivity index (χ0v) is 11.3. The molecule has 0 bridgehead atoms. The third-order valence-electron chi connectivity index (χ3n) is 4.90. The van der Waals surface area contributed by atoms with Crippen LogP contribution in [0.5, 0.6) is 0 Å². The lowest BCUT2D eigenvalue weighted by atomic mass is 9.92. The van der Waals surface area contributed by atoms with Crippen LogP contribution in [0.1, 0.15) is 44.9 Å². The van der Waals surface area contributed by atoms with Gasteiger partial charge in [-0.3, -0.25) is 0 Å². The highest BCUT2D eigenvalue weighted by Crippen LogP contribution is 2.89. The smallest absolute Gasteiger partial charge is 0.112 e. The summed E-state index contributed by atoms with van der Waals surface area (Å²) in [5.74, 6) is 0. The maximum Gasteiger partial charge on any atom is 0.112 e. The monoisotopic (exact) mass is 296 g/mol. The quantitative estimate of drug-likeness (QED) is 0.570. The molecule has 0 heterocycles. The molecule has 0 aromatic heterocycles. The number of hydrogen-bond acceptors (Lipinski definition) is 0. The van der Waals surface area contributed by atoms with E-state index < -0.39 is 0 Å². The summed E-state index contributed by atoms with van der Waals surface area (Å²) in [4.78, 5) is 0. The van der Waals surface area contributed by atoms with Crippen molar-refractivity contribution in [2.24, 2.45) is 10.8 Å². The molecule has 3 aliphatic rings. The van der Waals surface area contributed by atoms with E-state index in [1.54, 1.807) is 0 Å². The van der Waals surface area contributed by atoms with Gasteiger partial charge >= 0.3 is 0 Å². The number of rotatable bonds is 0. The minimum Gasteiger partial charge on any atom is -0.123 e. The second-order valence-electron chi connectivity index (χ2n) is 5.30. The lowest BCUT2D eigenvalue weighted by molar-refractivity contribution is 0.367. The van der Waals surface area contributed by atoms with E-state index in [1.807, 2.05) is 0 Å². The summed E-state index contributed by atoms with van der Waals surface area (Å²) in [7, 11) is 0. The van der Waals surface area contributed by atoms with Crippen LogP contribution in [-0.2, 0) is 0 Å². The van der Waals surface area contributed by atoms with Gasteiger partial charge < -0.3 is 0 Å². The Bertz CT molecular complexity index is 254. The summed E-state index contributed by atoms with van der Waals surface area (Å²) in [6, 6.07) is 0. The highest BCUT2D eigenvalue weighted by Gasteiger charge is 2.87. The van der Waals surface area contributed by atoms with Crippen molar-refractivity contribution in [3.05, 3.63) is 0 Å². The molecule has 0 aliphatic heterocycles. The summed E-state index contributed by atoms with van der Waals surface area (Å²) < 4.78 is -0.112. The van der Waals surface area contributed by atoms with Crippen LogP contribution in [0, 0.1) is 10.8 Å². The molecule has 3 heteroatoms. The first kappa shape index (κ1) is 10.2. The summed E-state index contributed by atoms with van der Waals surface area (Å²) in [5.41, 5.74) is 0.676. The number of halogens is 3. The van der Waals surface area contributed by atoms with E-state index in [-0.39, 0.29) is 3.78 Å². The van der Waals surface area contributed by atoms with Gasteiger partial charge in [0.1, 0.15) is 3.78 Å². The molecule has 0 radical (unpaired) electrons. The average Bonchev–Trinajstić information content (AvgIpc) is 2.35. The molecule has 2 unspecified atom stereocenters. The van der Waals surface area contributed by atoms with Crippen LogP contribution in [0.4, 0.5) is 0 Å². The maximum atomic E-state index is 6.66. The molecule has 0 aromatic carbocycles. The summed E-state index contributed by atoms with van der Waals surface area (Å²) in [6.07, 6.45) is 8.88. The van der Waals surface area contributed by atoms with Crippen molar-refractivity contribution < 1.29 is 0 Å². The Morgan fingerprint density at radius 1 is 1.00 bits per heavy atom. The van der Waals surface area contributed by atoms with E-state index in [9.17, 15) is 0 Å². The SMILES string of the molecule is ClC1C[C@]23CCCCC[C@@]2(C1)C3(Cl)Br. The molecule has 14 heavy (non-hydrogen) atoms. The zero-order chi connectivity index (χ0) is 10.0. The van der Waals surface area contributed by atoms with Gasteiger partial charge in [0.25, 0.3) is 0 Å². The molecule has 3 fully saturated rings. The normalized spacial score (nSPS) is 61.5. The van der Waals surface area contributed by atoms with Crippen LogP contribution in [0.15, 0.2) is 0 Å². The lowest BCUT2D eigenvalue weighted by Crippen LogP contribution is -2.15. The van der Waals surface area contributed by atoms with Gasteiger partial charge in [0.15, 0.2) is 0 Å². The first-order valence-electron chi connectivity index (χ1n) is 5.58. The largest absolute Gasteiger partial charge is 0.123 e. The van der Waals surface area contributed by atoms with Crippen molar-refractivity contribution in [3.63, 3.8) is 0 Å². The van der Waals surface area contributed by atoms with Crippen LogP contribution >= 0.6 is 39.1 Å². The standard InChI is InChI=1S/C11H15BrCl2/c12-11(14)9-4-2-1-3-5-10(9,11)7-8(13)6-9/h8H,1-7H2/t8?,9-,10+,11?. The van der Waals surface area contributed by atoms with Gasteiger partial charge in [-0.05, 0) is 25.7 Å². The van der Waals surface area contributed by atoms with E-state index in [0.29, 0.717) is 16.2 Å². The van der Waals surface area contributed by atoms with Crippen LogP contribution < -0.4 is 0 Å². The van der Waals surface area contributed by atoms with Gasteiger partial charge in [-0.2, -0.15) is 0 Å². The molecule has 4 atom stereocenters. The van der Waals surface area contributed by atoms with Crippen molar-refractivity contribution in [1.82, 2.24) is 0 Å². The highest BCUT2D eigenvalue weighted by molar-refractivity contribution is 9.10. The zero-order valence-electron chi connectivity index (χ0n) is 8.16. The Balaban J connectivity index is 2.00. The Kier molecular flexibility index (Phi) is 2.07. The molecule has 0 saturated heterocycles. The van der Waals surface area contributed by atoms with Gasteiger partial charge in [-0.25, -0.2) is 0 Å². The van der Waals surface area contributed by atoms with Gasteiger partial charge in [0, 0.05) is 16.2 Å². The van der Waals surface area contributed by atoms with Crippen LogP contribution in [0.2, 0.25) is 0 Å². The van der Waals surface area contributed by atoms with Crippen LogP contribution in [-0.4, -0.2) is 9.16 Å². The molecule has 0 amide bonds. The van der Waals surface area contributed by atoms with Crippen LogP contribution in [0.3, 0.4) is 0 Å². The Hall–Kier alpha value is 1.06. The van der Waals surface area contributed by atoms with Gasteiger partial charge in [0.2, 0.25) is 0 Å². The first-order valence-corrected chi connectivity index (χ1v) is 7.18. The van der Waals surface area contributed by atoms with Crippen molar-refractivity contribution in [3.8, 4) is 0 Å². The predicted octanol–water partition coefficient (Wildman–Crippen LogP) is 4.67. The summed E-state index contributed by atoms with van der Waals surface area (Å²) >= 11 is 16.7. The molecule has 80 valence electrons. The summed E-state index contributed by atoms with van der Waals surface area (Å²) in [6.45, 7) is 0. The summed E-state index contributed by atoms with van der Waals surface area (Å²) in [5, 5.41) is 0.373. The van der Waals surface area contributed by atoms with E-state index >= 15 is 0 Å². The molecule has 3 aliphatic carbocycles. The fourth-order valence-corrected chi connectivity index (χ4v) is 6.81. The van der Waals surface area contributed by atoms with Gasteiger partial charge in [0.05, 0.1) is 0 Å². The fraction of sp³-hybridized carbons (Fsp3) is 1.00. The molecule has 0 nitrogen and oxygen atoms in total. The van der Waals surface area contributed by atoms with E-state index in [2.05, 4.69) is 15.9 Å². The molecule has 0 N–H and O–H groups in total. The molecule has 0 aromatic rings. The maximum absolute atomic E-state index is 6.66. The molecule has 3 saturated carbocycles. The predicted molar refractivity (Wildman–Crippen MR) is 64.3 cm³/mol. The van der Waals surface area contributed by atoms with E-state index in [0.717, 1.165) is 12.8 Å². The van der Waals surface area contributed by atoms with E-state index in [1.165, 1.54) is 32.1 Å². The van der Waals surface area contributed by atoms with Crippen molar-refractivity contribution in [1.29, 1.82) is 0 Å². The lowest BCUT2D eigenvalue weighted by Gasteiger charge is -2.19. The minimum atomic E-state index is -0.112. The van der Waals surface area contributed by atoms with Crippen molar-refractivity contribution in [2.75, 3.05) is 0 Å². The number of alkyl halides is 3. The average molecular weight is 298 g/mol. The Labute approximate surface area is 104 Å². The molecular formula is C11H15BrCl2. The second-order valence-corrected chi connectivity index (χ2v) is 8.14. The molecule has 0 spiro atoms. The Morgan fingerprint density at radius 3 is 2.00 bits per heavy atom. The van der Waals surface area contributed by atoms with Gasteiger partial charge in [-0.15, -0.1) is 23.2 Å².